The number of nitrogens with one attached hydrogen (secondary N) is 1. The minimum absolute atomic E-state index is 0.170. The molecule has 0 aromatic rings. The van der Waals surface area contributed by atoms with Crippen molar-refractivity contribution < 1.29 is 4.74 Å². The largest absolute Gasteiger partial charge is 0.381 e. The van der Waals surface area contributed by atoms with E-state index in [4.69, 9.17) is 4.74 Å². The summed E-state index contributed by atoms with van der Waals surface area (Å²) in [5.74, 6) is 0. The molecule has 0 heterocycles. The van der Waals surface area contributed by atoms with E-state index in [0.29, 0.717) is 0 Å². The van der Waals surface area contributed by atoms with Gasteiger partial charge < -0.3 is 10.1 Å². The lowest BCUT2D eigenvalue weighted by Crippen LogP contribution is -2.31. The van der Waals surface area contributed by atoms with E-state index < -0.39 is 0 Å². The van der Waals surface area contributed by atoms with Gasteiger partial charge in [-0.2, -0.15) is 0 Å². The quantitative estimate of drug-likeness (QED) is 0.445. The van der Waals surface area contributed by atoms with Crippen molar-refractivity contribution in [2.45, 2.75) is 40.0 Å². The summed E-state index contributed by atoms with van der Waals surface area (Å²) in [6.07, 6.45) is 5.37. The minimum atomic E-state index is 0.170. The molecule has 0 saturated carbocycles. The van der Waals surface area contributed by atoms with Crippen LogP contribution in [0.15, 0.2) is 12.7 Å². The molecule has 0 rings (SSSR count). The molecule has 1 atom stereocenters. The third-order valence-corrected chi connectivity index (χ3v) is 2.61. The van der Waals surface area contributed by atoms with Gasteiger partial charge >= 0.3 is 0 Å². The Labute approximate surface area is 95.1 Å². The highest BCUT2D eigenvalue weighted by atomic mass is 16.5. The van der Waals surface area contributed by atoms with E-state index in [1.54, 1.807) is 0 Å². The topological polar surface area (TPSA) is 21.3 Å². The van der Waals surface area contributed by atoms with E-state index in [9.17, 15) is 0 Å². The summed E-state index contributed by atoms with van der Waals surface area (Å²) in [5.41, 5.74) is 0.170. The van der Waals surface area contributed by atoms with Crippen LogP contribution in [0.5, 0.6) is 0 Å². The molecule has 2 heteroatoms. The lowest BCUT2D eigenvalue weighted by molar-refractivity contribution is 0.110. The normalized spacial score (nSPS) is 14.9. The van der Waals surface area contributed by atoms with Crippen LogP contribution >= 0.6 is 0 Å². The predicted octanol–water partition coefficient (Wildman–Crippen LogP) is 3.00. The van der Waals surface area contributed by atoms with Crippen LogP contribution in [0.1, 0.15) is 40.0 Å². The Morgan fingerprint density at radius 1 is 1.27 bits per heavy atom. The first-order chi connectivity index (χ1) is 7.18. The smallest absolute Gasteiger partial charge is 0.0474 e. The average molecular weight is 213 g/mol. The first-order valence-electron chi connectivity index (χ1n) is 6.10. The van der Waals surface area contributed by atoms with Crippen LogP contribution in [0.4, 0.5) is 0 Å². The second kappa shape index (κ2) is 8.93. The van der Waals surface area contributed by atoms with Gasteiger partial charge in [-0.1, -0.05) is 26.8 Å². The third-order valence-electron chi connectivity index (χ3n) is 2.61. The van der Waals surface area contributed by atoms with Crippen molar-refractivity contribution in [3.8, 4) is 0 Å². The molecule has 0 radical (unpaired) electrons. The molecule has 0 aromatic carbocycles. The molecule has 1 unspecified atom stereocenters. The Bertz CT molecular complexity index is 159. The molecule has 2 nitrogen and oxygen atoms in total. The Morgan fingerprint density at radius 2 is 2.00 bits per heavy atom. The van der Waals surface area contributed by atoms with Crippen molar-refractivity contribution in [3.05, 3.63) is 12.7 Å². The van der Waals surface area contributed by atoms with Gasteiger partial charge in [0.05, 0.1) is 0 Å². The monoisotopic (exact) mass is 213 g/mol. The average Bonchev–Trinajstić information content (AvgIpc) is 2.25. The second-order valence-corrected chi connectivity index (χ2v) is 4.40. The molecule has 0 aliphatic carbocycles. The summed E-state index contributed by atoms with van der Waals surface area (Å²) < 4.78 is 5.51. The van der Waals surface area contributed by atoms with Gasteiger partial charge in [0.2, 0.25) is 0 Å². The molecule has 0 aliphatic heterocycles. The van der Waals surface area contributed by atoms with Gasteiger partial charge in [-0.25, -0.2) is 0 Å². The first-order valence-corrected chi connectivity index (χ1v) is 6.10. The fraction of sp³-hybridized carbons (Fsp3) is 0.846. The zero-order valence-corrected chi connectivity index (χ0v) is 10.6. The van der Waals surface area contributed by atoms with Crippen LogP contribution < -0.4 is 5.32 Å². The standard InChI is InChI=1S/C13H27NO/c1-5-9-14-12-13(4,7-3)8-11-15-10-6-2/h7,14H,3,5-6,8-12H2,1-2,4H3. The van der Waals surface area contributed by atoms with Gasteiger partial charge in [-0.15, -0.1) is 6.58 Å². The maximum Gasteiger partial charge on any atom is 0.0474 e. The molecule has 0 amide bonds. The molecule has 1 N–H and O–H groups in total. The molecular weight excluding hydrogens is 186 g/mol. The van der Waals surface area contributed by atoms with E-state index in [1.165, 1.54) is 6.42 Å². The van der Waals surface area contributed by atoms with Crippen molar-refractivity contribution in [2.24, 2.45) is 5.41 Å². The van der Waals surface area contributed by atoms with Crippen LogP contribution in [0.3, 0.4) is 0 Å². The Hall–Kier alpha value is -0.340. The predicted molar refractivity (Wildman–Crippen MR) is 67.2 cm³/mol. The molecule has 0 aromatic heterocycles. The van der Waals surface area contributed by atoms with Crippen LogP contribution in [-0.4, -0.2) is 26.3 Å². The molecule has 0 bridgehead atoms. The van der Waals surface area contributed by atoms with Crippen LogP contribution in [-0.2, 0) is 4.74 Å². The van der Waals surface area contributed by atoms with Gasteiger partial charge in [0, 0.05) is 19.8 Å². The zero-order valence-electron chi connectivity index (χ0n) is 10.6. The molecule has 0 spiro atoms. The number of rotatable bonds is 10. The van der Waals surface area contributed by atoms with Crippen molar-refractivity contribution >= 4 is 0 Å². The van der Waals surface area contributed by atoms with Gasteiger partial charge in [0.25, 0.3) is 0 Å². The van der Waals surface area contributed by atoms with E-state index in [2.05, 4.69) is 32.7 Å². The molecule has 0 aliphatic rings. The summed E-state index contributed by atoms with van der Waals surface area (Å²) in [5, 5.41) is 3.44. The van der Waals surface area contributed by atoms with Gasteiger partial charge in [-0.3, -0.25) is 0 Å². The Morgan fingerprint density at radius 3 is 2.53 bits per heavy atom. The van der Waals surface area contributed by atoms with Gasteiger partial charge in [0.1, 0.15) is 0 Å². The summed E-state index contributed by atoms with van der Waals surface area (Å²) in [4.78, 5) is 0. The minimum Gasteiger partial charge on any atom is -0.381 e. The van der Waals surface area contributed by atoms with Crippen molar-refractivity contribution in [2.75, 3.05) is 26.3 Å². The first kappa shape index (κ1) is 14.7. The maximum absolute atomic E-state index is 5.51. The summed E-state index contributed by atoms with van der Waals surface area (Å²) >= 11 is 0. The van der Waals surface area contributed by atoms with Gasteiger partial charge in [0.15, 0.2) is 0 Å². The molecule has 0 fully saturated rings. The van der Waals surface area contributed by atoms with Crippen molar-refractivity contribution in [3.63, 3.8) is 0 Å². The number of hydrogen-bond donors (Lipinski definition) is 1. The fourth-order valence-electron chi connectivity index (χ4n) is 1.37. The zero-order chi connectivity index (χ0) is 11.6. The van der Waals surface area contributed by atoms with Crippen LogP contribution in [0, 0.1) is 5.41 Å². The van der Waals surface area contributed by atoms with Crippen LogP contribution in [0.25, 0.3) is 0 Å². The maximum atomic E-state index is 5.51. The SMILES string of the molecule is C=CC(C)(CCOCCC)CNCCC. The lowest BCUT2D eigenvalue weighted by Gasteiger charge is -2.26. The summed E-state index contributed by atoms with van der Waals surface area (Å²) in [6, 6.07) is 0. The van der Waals surface area contributed by atoms with E-state index >= 15 is 0 Å². The van der Waals surface area contributed by atoms with E-state index in [-0.39, 0.29) is 5.41 Å². The van der Waals surface area contributed by atoms with Gasteiger partial charge in [-0.05, 0) is 31.2 Å². The molecule has 0 saturated heterocycles. The van der Waals surface area contributed by atoms with Crippen molar-refractivity contribution in [1.82, 2.24) is 5.32 Å². The summed E-state index contributed by atoms with van der Waals surface area (Å²) in [6.45, 7) is 14.3. The lowest BCUT2D eigenvalue weighted by atomic mass is 9.87. The highest BCUT2D eigenvalue weighted by molar-refractivity contribution is 4.92. The van der Waals surface area contributed by atoms with Crippen molar-refractivity contribution in [1.29, 1.82) is 0 Å². The summed E-state index contributed by atoms with van der Waals surface area (Å²) in [7, 11) is 0. The van der Waals surface area contributed by atoms with Crippen LogP contribution in [0.2, 0.25) is 0 Å². The third kappa shape index (κ3) is 7.57. The molecule has 90 valence electrons. The Kier molecular flexibility index (Phi) is 8.73. The molecule has 15 heavy (non-hydrogen) atoms. The number of ether oxygens (including phenoxy) is 1. The molecular formula is C13H27NO. The second-order valence-electron chi connectivity index (χ2n) is 4.40. The Balaban J connectivity index is 3.70. The number of hydrogen-bond acceptors (Lipinski definition) is 2. The fourth-order valence-corrected chi connectivity index (χ4v) is 1.37. The highest BCUT2D eigenvalue weighted by Crippen LogP contribution is 2.21. The highest BCUT2D eigenvalue weighted by Gasteiger charge is 2.18. The van der Waals surface area contributed by atoms with E-state index in [1.807, 2.05) is 6.08 Å². The van der Waals surface area contributed by atoms with E-state index in [0.717, 1.165) is 39.1 Å².